The minimum absolute atomic E-state index is 0.0253. The van der Waals surface area contributed by atoms with Crippen molar-refractivity contribution in [2.45, 2.75) is 83.5 Å². The summed E-state index contributed by atoms with van der Waals surface area (Å²) in [5.74, 6) is -2.48. The van der Waals surface area contributed by atoms with E-state index in [-0.39, 0.29) is 17.8 Å². The van der Waals surface area contributed by atoms with Gasteiger partial charge in [-0.25, -0.2) is 9.59 Å². The minimum Gasteiger partial charge on any atom is -0.458 e. The van der Waals surface area contributed by atoms with Crippen molar-refractivity contribution in [1.29, 1.82) is 0 Å². The number of ether oxygens (including phenoxy) is 4. The highest BCUT2D eigenvalue weighted by Crippen LogP contribution is 2.53. The number of H-pyrrole nitrogens is 1. The van der Waals surface area contributed by atoms with Crippen LogP contribution in [0.15, 0.2) is 66.4 Å². The fourth-order valence-corrected chi connectivity index (χ4v) is 7.78. The van der Waals surface area contributed by atoms with Gasteiger partial charge in [0.15, 0.2) is 6.10 Å². The number of rotatable bonds is 7. The Labute approximate surface area is 269 Å². The van der Waals surface area contributed by atoms with Crippen LogP contribution in [0.2, 0.25) is 0 Å². The maximum absolute atomic E-state index is 13.7. The molecule has 46 heavy (non-hydrogen) atoms. The molecule has 1 fully saturated rings. The van der Waals surface area contributed by atoms with Gasteiger partial charge in [0.1, 0.15) is 24.0 Å². The maximum atomic E-state index is 13.7. The molecule has 4 aliphatic rings. The highest BCUT2D eigenvalue weighted by atomic mass is 16.6. The first-order valence-electron chi connectivity index (χ1n) is 16.1. The Morgan fingerprint density at radius 3 is 2.33 bits per heavy atom. The van der Waals surface area contributed by atoms with Crippen LogP contribution in [0.1, 0.15) is 78.7 Å². The lowest BCUT2D eigenvalue weighted by molar-refractivity contribution is -0.168. The van der Waals surface area contributed by atoms with E-state index in [1.807, 2.05) is 33.8 Å². The first kappa shape index (κ1) is 31.9. The molecule has 1 aromatic heterocycles. The molecule has 2 aromatic rings. The Hall–Kier alpha value is -4.02. The standard InChI is InChI=1S/C36H42N2O8/c1-19(2)29(44-34(41)27-12-9-15-37-27)31-23-13-14-24-17-28(43-6)35(42)45-30(20(3)16-21(4)36(24,18-23)46-31)22(5)38-32(39)25-10-7-8-11-26(25)33(38)40/h7-16,19-20,22-24,28-31,37H,17-18H2,1-6H3/b21-16+/t20-,22+,23-,24-,28+,29-,30+,31-,36+/m1/s1. The molecule has 244 valence electrons. The minimum atomic E-state index is -0.910. The van der Waals surface area contributed by atoms with Crippen LogP contribution in [0.25, 0.3) is 0 Å². The summed E-state index contributed by atoms with van der Waals surface area (Å²) in [4.78, 5) is 57.6. The summed E-state index contributed by atoms with van der Waals surface area (Å²) >= 11 is 0. The number of cyclic esters (lactones) is 1. The molecule has 10 nitrogen and oxygen atoms in total. The number of aromatic amines is 1. The molecule has 1 aromatic carbocycles. The molecular weight excluding hydrogens is 588 g/mol. The van der Waals surface area contributed by atoms with E-state index in [1.54, 1.807) is 49.5 Å². The van der Waals surface area contributed by atoms with Crippen molar-refractivity contribution in [2.75, 3.05) is 7.11 Å². The van der Waals surface area contributed by atoms with E-state index in [4.69, 9.17) is 18.9 Å². The van der Waals surface area contributed by atoms with Crippen LogP contribution in [0, 0.1) is 23.7 Å². The van der Waals surface area contributed by atoms with Gasteiger partial charge in [0, 0.05) is 31.1 Å². The predicted molar refractivity (Wildman–Crippen MR) is 168 cm³/mol. The lowest BCUT2D eigenvalue weighted by Crippen LogP contribution is -2.51. The van der Waals surface area contributed by atoms with Gasteiger partial charge in [0.2, 0.25) is 0 Å². The quantitative estimate of drug-likeness (QED) is 0.254. The second-order valence-electron chi connectivity index (χ2n) is 13.4. The van der Waals surface area contributed by atoms with Gasteiger partial charge in [-0.1, -0.05) is 51.1 Å². The van der Waals surface area contributed by atoms with E-state index >= 15 is 0 Å². The largest absolute Gasteiger partial charge is 0.458 e. The lowest BCUT2D eigenvalue weighted by atomic mass is 9.69. The number of methoxy groups -OCH3 is 1. The van der Waals surface area contributed by atoms with E-state index < -0.39 is 65.7 Å². The summed E-state index contributed by atoms with van der Waals surface area (Å²) in [7, 11) is 1.47. The second kappa shape index (κ2) is 12.3. The third kappa shape index (κ3) is 5.31. The lowest BCUT2D eigenvalue weighted by Gasteiger charge is -2.42. The Morgan fingerprint density at radius 2 is 1.72 bits per heavy atom. The number of benzene rings is 1. The summed E-state index contributed by atoms with van der Waals surface area (Å²) in [6, 6.07) is 9.39. The van der Waals surface area contributed by atoms with Gasteiger partial charge in [-0.05, 0) is 62.4 Å². The molecule has 3 aliphatic heterocycles. The molecule has 2 amide bonds. The normalized spacial score (nSPS) is 33.2. The summed E-state index contributed by atoms with van der Waals surface area (Å²) in [6.45, 7) is 9.70. The molecule has 0 radical (unpaired) electrons. The summed E-state index contributed by atoms with van der Waals surface area (Å²) in [6.07, 6.45) is 6.19. The zero-order chi connectivity index (χ0) is 32.9. The number of hydrogen-bond acceptors (Lipinski definition) is 8. The van der Waals surface area contributed by atoms with E-state index in [1.165, 1.54) is 12.0 Å². The fraction of sp³-hybridized carbons (Fsp3) is 0.500. The highest BCUT2D eigenvalue weighted by Gasteiger charge is 2.57. The van der Waals surface area contributed by atoms with Crippen LogP contribution in [0.3, 0.4) is 0 Å². The molecule has 4 heterocycles. The van der Waals surface area contributed by atoms with E-state index in [0.29, 0.717) is 29.7 Å². The number of aromatic nitrogens is 1. The number of imide groups is 1. The molecule has 6 rings (SSSR count). The molecule has 1 spiro atoms. The van der Waals surface area contributed by atoms with Crippen molar-refractivity contribution >= 4 is 23.8 Å². The molecule has 1 saturated heterocycles. The third-order valence-corrected chi connectivity index (χ3v) is 10.2. The molecule has 1 N–H and O–H groups in total. The smallest absolute Gasteiger partial charge is 0.355 e. The van der Waals surface area contributed by atoms with E-state index in [0.717, 1.165) is 5.57 Å². The third-order valence-electron chi connectivity index (χ3n) is 10.2. The van der Waals surface area contributed by atoms with Crippen molar-refractivity contribution in [1.82, 2.24) is 9.88 Å². The van der Waals surface area contributed by atoms with Crippen molar-refractivity contribution in [3.8, 4) is 0 Å². The zero-order valence-electron chi connectivity index (χ0n) is 27.1. The summed E-state index contributed by atoms with van der Waals surface area (Å²) in [5.41, 5.74) is 1.21. The van der Waals surface area contributed by atoms with E-state index in [9.17, 15) is 19.2 Å². The average Bonchev–Trinajstić information content (AvgIpc) is 3.74. The van der Waals surface area contributed by atoms with Crippen molar-refractivity contribution in [3.63, 3.8) is 0 Å². The Bertz CT molecular complexity index is 1540. The molecule has 0 unspecified atom stereocenters. The molecular formula is C36H42N2O8. The number of fused-ring (bicyclic) bond motifs is 2. The van der Waals surface area contributed by atoms with E-state index in [2.05, 4.69) is 17.1 Å². The summed E-state index contributed by atoms with van der Waals surface area (Å²) < 4.78 is 25.0. The number of hydrogen-bond donors (Lipinski definition) is 1. The number of nitrogens with one attached hydrogen (secondary N) is 1. The SMILES string of the molecule is CO[C@H]1C[C@H]2C=C[C@@H]3C[C@]2(O[C@H]3[C@H](OC(=O)c2ccc[nH]2)C(C)C)/C(C)=C/[C@@H](C)[C@@H]([C@H](C)N2C(=O)c3ccccc3C2=O)OC1=O. The fourth-order valence-electron chi connectivity index (χ4n) is 7.78. The Kier molecular flexibility index (Phi) is 8.54. The molecule has 2 bridgehead atoms. The maximum Gasteiger partial charge on any atom is 0.355 e. The van der Waals surface area contributed by atoms with Crippen LogP contribution in [-0.2, 0) is 23.7 Å². The van der Waals surface area contributed by atoms with Crippen LogP contribution in [0.4, 0.5) is 0 Å². The van der Waals surface area contributed by atoms with Gasteiger partial charge in [0.05, 0.1) is 22.8 Å². The summed E-state index contributed by atoms with van der Waals surface area (Å²) in [5, 5.41) is 0. The van der Waals surface area contributed by atoms with Gasteiger partial charge < -0.3 is 23.9 Å². The zero-order valence-corrected chi connectivity index (χ0v) is 27.1. The van der Waals surface area contributed by atoms with Crippen molar-refractivity contribution < 1.29 is 38.1 Å². The first-order valence-corrected chi connectivity index (χ1v) is 16.1. The monoisotopic (exact) mass is 630 g/mol. The highest BCUT2D eigenvalue weighted by molar-refractivity contribution is 6.21. The second-order valence-corrected chi connectivity index (χ2v) is 13.4. The topological polar surface area (TPSA) is 124 Å². The van der Waals surface area contributed by atoms with Crippen LogP contribution < -0.4 is 0 Å². The number of amides is 2. The average molecular weight is 631 g/mol. The predicted octanol–water partition coefficient (Wildman–Crippen LogP) is 5.12. The van der Waals surface area contributed by atoms with Crippen LogP contribution >= 0.6 is 0 Å². The molecule has 9 atom stereocenters. The number of carbonyl (C=O) groups is 4. The van der Waals surface area contributed by atoms with Gasteiger partial charge in [0.25, 0.3) is 11.8 Å². The molecule has 0 saturated carbocycles. The Morgan fingerprint density at radius 1 is 1.02 bits per heavy atom. The van der Waals surface area contributed by atoms with Gasteiger partial charge in [-0.2, -0.15) is 0 Å². The first-order chi connectivity index (χ1) is 22.0. The molecule has 10 heteroatoms. The van der Waals surface area contributed by atoms with Gasteiger partial charge >= 0.3 is 11.9 Å². The number of nitrogens with zero attached hydrogens (tertiary/aromatic N) is 1. The van der Waals surface area contributed by atoms with Crippen LogP contribution in [0.5, 0.6) is 0 Å². The number of esters is 2. The molecule has 1 aliphatic carbocycles. The van der Waals surface area contributed by atoms with Crippen molar-refractivity contribution in [2.24, 2.45) is 23.7 Å². The Balaban J connectivity index is 1.34. The van der Waals surface area contributed by atoms with Crippen LogP contribution in [-0.4, -0.2) is 76.8 Å². The van der Waals surface area contributed by atoms with Crippen molar-refractivity contribution in [3.05, 3.63) is 83.2 Å². The number of carbonyl (C=O) groups excluding carboxylic acids is 4. The van der Waals surface area contributed by atoms with Gasteiger partial charge in [-0.15, -0.1) is 0 Å². The van der Waals surface area contributed by atoms with Gasteiger partial charge in [-0.3, -0.25) is 14.5 Å².